The molecule has 0 spiro atoms. The summed E-state index contributed by atoms with van der Waals surface area (Å²) in [5.41, 5.74) is 1.10. The monoisotopic (exact) mass is 453 g/mol. The quantitative estimate of drug-likeness (QED) is 0.422. The second-order valence-corrected chi connectivity index (χ2v) is 6.54. The lowest BCUT2D eigenvalue weighted by atomic mass is 10.1. The molecule has 1 unspecified atom stereocenters. The van der Waals surface area contributed by atoms with Gasteiger partial charge in [-0.25, -0.2) is 0 Å². The van der Waals surface area contributed by atoms with Gasteiger partial charge in [0.2, 0.25) is 0 Å². The Bertz CT molecular complexity index is 621. The normalized spacial score (nSPS) is 16.2. The lowest BCUT2D eigenvalue weighted by Gasteiger charge is -2.30. The van der Waals surface area contributed by atoms with Gasteiger partial charge in [-0.1, -0.05) is 25.1 Å². The molecule has 2 aromatic rings. The number of piperidine rings is 1. The molecule has 1 atom stereocenters. The molecule has 3 rings (SSSR count). The van der Waals surface area contributed by atoms with Crippen LogP contribution in [0, 0.1) is 5.92 Å². The van der Waals surface area contributed by atoms with E-state index in [9.17, 15) is 0 Å². The molecule has 0 radical (unpaired) electrons. The lowest BCUT2D eigenvalue weighted by molar-refractivity contribution is 0.339. The van der Waals surface area contributed by atoms with Crippen molar-refractivity contribution in [2.45, 2.75) is 32.7 Å². The third-order valence-corrected chi connectivity index (χ3v) is 4.30. The average Bonchev–Trinajstić information content (AvgIpc) is 3.13. The summed E-state index contributed by atoms with van der Waals surface area (Å²) in [6.45, 7) is 6.10. The molecule has 2 heterocycles. The number of nitrogens with zero attached hydrogens (tertiary/aromatic N) is 4. The van der Waals surface area contributed by atoms with Crippen molar-refractivity contribution in [3.63, 3.8) is 0 Å². The second-order valence-electron chi connectivity index (χ2n) is 6.54. The van der Waals surface area contributed by atoms with Crippen LogP contribution in [-0.4, -0.2) is 40.3 Å². The number of guanidine groups is 1. The number of rotatable bonds is 5. The summed E-state index contributed by atoms with van der Waals surface area (Å²) in [6.07, 6.45) is 7.65. The number of anilines is 1. The molecule has 1 fully saturated rings. The maximum absolute atomic E-state index is 4.91. The van der Waals surface area contributed by atoms with Crippen molar-refractivity contribution < 1.29 is 0 Å². The zero-order valence-electron chi connectivity index (χ0n) is 14.8. The Morgan fingerprint density at radius 1 is 1.16 bits per heavy atom. The van der Waals surface area contributed by atoms with E-state index in [2.05, 4.69) is 46.5 Å². The molecule has 1 aromatic heterocycles. The number of nitrogens with one attached hydrogen (secondary N) is 1. The van der Waals surface area contributed by atoms with Crippen LogP contribution in [0.3, 0.4) is 0 Å². The highest BCUT2D eigenvalue weighted by Gasteiger charge is 2.15. The van der Waals surface area contributed by atoms with Crippen LogP contribution in [0.4, 0.5) is 5.69 Å². The lowest BCUT2D eigenvalue weighted by Crippen LogP contribution is -2.40. The van der Waals surface area contributed by atoms with Gasteiger partial charge in [0.25, 0.3) is 0 Å². The summed E-state index contributed by atoms with van der Waals surface area (Å²) >= 11 is 0. The maximum Gasteiger partial charge on any atom is 0.198 e. The number of para-hydroxylation sites is 1. The molecule has 136 valence electrons. The highest BCUT2D eigenvalue weighted by molar-refractivity contribution is 14.0. The zero-order chi connectivity index (χ0) is 16.6. The standard InChI is InChI=1S/C19H27N5.HI/c1-17(16-24-14-8-11-21-24)15-20-19(23-12-6-3-7-13-23)22-18-9-4-2-5-10-18;/h2,4-5,8-11,14,17H,3,6-7,12-13,15-16H2,1H3,(H,20,22);1H. The number of benzene rings is 1. The number of halogens is 1. The van der Waals surface area contributed by atoms with Crippen molar-refractivity contribution >= 4 is 35.6 Å². The molecule has 1 N–H and O–H groups in total. The van der Waals surface area contributed by atoms with Crippen LogP contribution >= 0.6 is 24.0 Å². The van der Waals surface area contributed by atoms with Crippen LogP contribution in [0.25, 0.3) is 0 Å². The van der Waals surface area contributed by atoms with Gasteiger partial charge in [0.1, 0.15) is 0 Å². The molecule has 0 saturated carbocycles. The Hall–Kier alpha value is -1.57. The van der Waals surface area contributed by atoms with Gasteiger partial charge in [0.15, 0.2) is 5.96 Å². The molecular weight excluding hydrogens is 425 g/mol. The fraction of sp³-hybridized carbons (Fsp3) is 0.474. The van der Waals surface area contributed by atoms with Gasteiger partial charge in [-0.15, -0.1) is 24.0 Å². The minimum Gasteiger partial charge on any atom is -0.343 e. The summed E-state index contributed by atoms with van der Waals surface area (Å²) in [5, 5.41) is 7.80. The van der Waals surface area contributed by atoms with Crippen molar-refractivity contribution in [3.05, 3.63) is 48.8 Å². The number of aliphatic imine (C=N–C) groups is 1. The SMILES string of the molecule is CC(CN=C(Nc1ccccc1)N1CCCCC1)Cn1cccn1.I. The van der Waals surface area contributed by atoms with E-state index in [0.717, 1.165) is 37.8 Å². The van der Waals surface area contributed by atoms with Gasteiger partial charge in [0.05, 0.1) is 0 Å². The Balaban J connectivity index is 0.00000225. The average molecular weight is 453 g/mol. The van der Waals surface area contributed by atoms with Crippen molar-refractivity contribution in [2.75, 3.05) is 25.0 Å². The van der Waals surface area contributed by atoms with E-state index in [1.807, 2.05) is 29.2 Å². The number of aromatic nitrogens is 2. The zero-order valence-corrected chi connectivity index (χ0v) is 17.2. The molecule has 5 nitrogen and oxygen atoms in total. The van der Waals surface area contributed by atoms with Crippen LogP contribution in [-0.2, 0) is 6.54 Å². The molecule has 25 heavy (non-hydrogen) atoms. The Kier molecular flexibility index (Phi) is 8.24. The maximum atomic E-state index is 4.91. The highest BCUT2D eigenvalue weighted by Crippen LogP contribution is 2.13. The van der Waals surface area contributed by atoms with Crippen LogP contribution in [0.2, 0.25) is 0 Å². The molecule has 1 aliphatic rings. The minimum absolute atomic E-state index is 0. The summed E-state index contributed by atoms with van der Waals surface area (Å²) in [4.78, 5) is 7.30. The summed E-state index contributed by atoms with van der Waals surface area (Å²) in [7, 11) is 0. The van der Waals surface area contributed by atoms with Gasteiger partial charge in [-0.2, -0.15) is 5.10 Å². The fourth-order valence-electron chi connectivity index (χ4n) is 3.00. The Labute approximate surface area is 167 Å². The Morgan fingerprint density at radius 3 is 2.60 bits per heavy atom. The van der Waals surface area contributed by atoms with Crippen molar-refractivity contribution in [1.82, 2.24) is 14.7 Å². The Morgan fingerprint density at radius 2 is 1.92 bits per heavy atom. The fourth-order valence-corrected chi connectivity index (χ4v) is 3.00. The third kappa shape index (κ3) is 6.34. The smallest absolute Gasteiger partial charge is 0.198 e. The van der Waals surface area contributed by atoms with E-state index in [1.54, 1.807) is 0 Å². The molecule has 1 aromatic carbocycles. The number of likely N-dealkylation sites (tertiary alicyclic amines) is 1. The van der Waals surface area contributed by atoms with E-state index in [4.69, 9.17) is 4.99 Å². The molecule has 0 bridgehead atoms. The van der Waals surface area contributed by atoms with Crippen LogP contribution in [0.5, 0.6) is 0 Å². The van der Waals surface area contributed by atoms with Gasteiger partial charge < -0.3 is 10.2 Å². The van der Waals surface area contributed by atoms with E-state index in [1.165, 1.54) is 19.3 Å². The third-order valence-electron chi connectivity index (χ3n) is 4.30. The molecule has 0 amide bonds. The number of hydrogen-bond donors (Lipinski definition) is 1. The van der Waals surface area contributed by atoms with Crippen LogP contribution < -0.4 is 5.32 Å². The summed E-state index contributed by atoms with van der Waals surface area (Å²) in [6, 6.07) is 12.3. The predicted octanol–water partition coefficient (Wildman–Crippen LogP) is 4.09. The highest BCUT2D eigenvalue weighted by atomic mass is 127. The first-order valence-electron chi connectivity index (χ1n) is 8.90. The van der Waals surface area contributed by atoms with Crippen molar-refractivity contribution in [2.24, 2.45) is 10.9 Å². The van der Waals surface area contributed by atoms with Crippen molar-refractivity contribution in [3.8, 4) is 0 Å². The van der Waals surface area contributed by atoms with E-state index < -0.39 is 0 Å². The molecule has 1 aliphatic heterocycles. The number of hydrogen-bond acceptors (Lipinski definition) is 2. The van der Waals surface area contributed by atoms with E-state index in [-0.39, 0.29) is 24.0 Å². The topological polar surface area (TPSA) is 45.5 Å². The van der Waals surface area contributed by atoms with Crippen LogP contribution in [0.1, 0.15) is 26.2 Å². The minimum atomic E-state index is 0. The molecule has 0 aliphatic carbocycles. The summed E-state index contributed by atoms with van der Waals surface area (Å²) < 4.78 is 1.98. The van der Waals surface area contributed by atoms with Gasteiger partial charge in [0, 0.05) is 44.3 Å². The first-order chi connectivity index (χ1) is 11.8. The first-order valence-corrected chi connectivity index (χ1v) is 8.90. The molecular formula is C19H28IN5. The largest absolute Gasteiger partial charge is 0.343 e. The molecule has 1 saturated heterocycles. The van der Waals surface area contributed by atoms with Gasteiger partial charge in [-0.05, 0) is 43.4 Å². The second kappa shape index (κ2) is 10.4. The van der Waals surface area contributed by atoms with E-state index >= 15 is 0 Å². The van der Waals surface area contributed by atoms with Gasteiger partial charge >= 0.3 is 0 Å². The van der Waals surface area contributed by atoms with Crippen molar-refractivity contribution in [1.29, 1.82) is 0 Å². The first kappa shape index (κ1) is 19.8. The van der Waals surface area contributed by atoms with Crippen LogP contribution in [0.15, 0.2) is 53.8 Å². The van der Waals surface area contributed by atoms with Gasteiger partial charge in [-0.3, -0.25) is 9.67 Å². The summed E-state index contributed by atoms with van der Waals surface area (Å²) in [5.74, 6) is 1.45. The van der Waals surface area contributed by atoms with E-state index in [0.29, 0.717) is 5.92 Å². The molecule has 6 heteroatoms. The predicted molar refractivity (Wildman–Crippen MR) is 115 cm³/mol.